The molecule has 0 spiro atoms. The van der Waals surface area contributed by atoms with Gasteiger partial charge in [-0.3, -0.25) is 9.05 Å². The summed E-state index contributed by atoms with van der Waals surface area (Å²) >= 11 is 0. The Hall–Kier alpha value is -0.310. The van der Waals surface area contributed by atoms with Gasteiger partial charge in [-0.1, -0.05) is 6.58 Å². The normalized spacial score (nSPS) is 34.6. The molecule has 1 aliphatic rings. The van der Waals surface area contributed by atoms with Crippen LogP contribution in [0.15, 0.2) is 12.3 Å². The molecule has 0 N–H and O–H groups in total. The fraction of sp³-hybridized carbons (Fsp3) is 0.500. The second kappa shape index (κ2) is 2.14. The molecule has 0 saturated carbocycles. The Morgan fingerprint density at radius 2 is 2.56 bits per heavy atom. The van der Waals surface area contributed by atoms with E-state index in [0.29, 0.717) is 5.76 Å². The van der Waals surface area contributed by atoms with Crippen LogP contribution in [-0.4, -0.2) is 13.7 Å². The minimum Gasteiger partial charge on any atom is -0.407 e. The van der Waals surface area contributed by atoms with Gasteiger partial charge in [0.15, 0.2) is 0 Å². The van der Waals surface area contributed by atoms with Gasteiger partial charge in [0, 0.05) is 7.11 Å². The van der Waals surface area contributed by atoms with Crippen LogP contribution in [0.25, 0.3) is 0 Å². The first-order chi connectivity index (χ1) is 4.16. The van der Waals surface area contributed by atoms with E-state index < -0.39 is 7.82 Å². The average molecular weight is 150 g/mol. The summed E-state index contributed by atoms with van der Waals surface area (Å²) in [5, 5.41) is 0. The monoisotopic (exact) mass is 150 g/mol. The van der Waals surface area contributed by atoms with Gasteiger partial charge in [0.05, 0.1) is 0 Å². The maximum atomic E-state index is 10.9. The van der Waals surface area contributed by atoms with E-state index in [9.17, 15) is 4.57 Å². The largest absolute Gasteiger partial charge is 0.529 e. The van der Waals surface area contributed by atoms with Crippen molar-refractivity contribution in [2.75, 3.05) is 13.7 Å². The maximum Gasteiger partial charge on any atom is 0.529 e. The van der Waals surface area contributed by atoms with Crippen LogP contribution in [0.4, 0.5) is 0 Å². The lowest BCUT2D eigenvalue weighted by atomic mass is 10.6. The molecule has 1 fully saturated rings. The van der Waals surface area contributed by atoms with Crippen LogP contribution < -0.4 is 0 Å². The molecule has 9 heavy (non-hydrogen) atoms. The van der Waals surface area contributed by atoms with E-state index in [1.54, 1.807) is 0 Å². The summed E-state index contributed by atoms with van der Waals surface area (Å²) in [4.78, 5) is 0. The Morgan fingerprint density at radius 3 is 2.78 bits per heavy atom. The Bertz CT molecular complexity index is 175. The Balaban J connectivity index is 2.66. The summed E-state index contributed by atoms with van der Waals surface area (Å²) in [6.07, 6.45) is 0. The molecule has 52 valence electrons. The lowest BCUT2D eigenvalue weighted by Crippen LogP contribution is -1.81. The third-order valence-electron chi connectivity index (χ3n) is 0.848. The van der Waals surface area contributed by atoms with Crippen LogP contribution >= 0.6 is 7.82 Å². The Labute approximate surface area is 53.0 Å². The molecule has 0 radical (unpaired) electrons. The Morgan fingerprint density at radius 1 is 1.89 bits per heavy atom. The zero-order valence-electron chi connectivity index (χ0n) is 4.99. The summed E-state index contributed by atoms with van der Waals surface area (Å²) in [5.74, 6) is 0.347. The number of hydrogen-bond acceptors (Lipinski definition) is 4. The molecule has 1 saturated heterocycles. The van der Waals surface area contributed by atoms with E-state index in [-0.39, 0.29) is 6.61 Å². The zero-order chi connectivity index (χ0) is 6.91. The molecular weight excluding hydrogens is 143 g/mol. The quantitative estimate of drug-likeness (QED) is 0.528. The van der Waals surface area contributed by atoms with Gasteiger partial charge in [0.2, 0.25) is 0 Å². The molecule has 1 heterocycles. The highest BCUT2D eigenvalue weighted by Crippen LogP contribution is 2.54. The number of phosphoric acid groups is 1. The minimum atomic E-state index is -3.21. The lowest BCUT2D eigenvalue weighted by Gasteiger charge is -2.03. The molecule has 0 aromatic rings. The summed E-state index contributed by atoms with van der Waals surface area (Å²) in [6, 6.07) is 0. The van der Waals surface area contributed by atoms with Gasteiger partial charge in [-0.2, -0.15) is 0 Å². The van der Waals surface area contributed by atoms with E-state index >= 15 is 0 Å². The van der Waals surface area contributed by atoms with Crippen molar-refractivity contribution in [3.05, 3.63) is 12.3 Å². The van der Waals surface area contributed by atoms with Crippen molar-refractivity contribution in [1.29, 1.82) is 0 Å². The van der Waals surface area contributed by atoms with Crippen molar-refractivity contribution in [2.24, 2.45) is 0 Å². The van der Waals surface area contributed by atoms with Crippen LogP contribution in [0.5, 0.6) is 0 Å². The second-order valence-corrected chi connectivity index (χ2v) is 3.23. The van der Waals surface area contributed by atoms with Crippen molar-refractivity contribution >= 4 is 7.82 Å². The van der Waals surface area contributed by atoms with Gasteiger partial charge in [-0.05, 0) is 0 Å². The molecule has 1 atom stereocenters. The van der Waals surface area contributed by atoms with Crippen molar-refractivity contribution < 1.29 is 18.1 Å². The van der Waals surface area contributed by atoms with Gasteiger partial charge in [0.25, 0.3) is 0 Å². The molecule has 1 aliphatic heterocycles. The Kier molecular flexibility index (Phi) is 1.62. The molecule has 0 amide bonds. The van der Waals surface area contributed by atoms with Crippen LogP contribution in [0, 0.1) is 0 Å². The summed E-state index contributed by atoms with van der Waals surface area (Å²) in [6.45, 7) is 3.56. The van der Waals surface area contributed by atoms with Crippen molar-refractivity contribution in [1.82, 2.24) is 0 Å². The first-order valence-electron chi connectivity index (χ1n) is 2.34. The van der Waals surface area contributed by atoms with E-state index in [1.165, 1.54) is 7.11 Å². The fourth-order valence-corrected chi connectivity index (χ4v) is 1.36. The van der Waals surface area contributed by atoms with Gasteiger partial charge in [-0.15, -0.1) is 0 Å². The molecule has 1 rings (SSSR count). The zero-order valence-corrected chi connectivity index (χ0v) is 5.89. The first kappa shape index (κ1) is 6.81. The van der Waals surface area contributed by atoms with Gasteiger partial charge in [0.1, 0.15) is 12.4 Å². The second-order valence-electron chi connectivity index (χ2n) is 1.53. The van der Waals surface area contributed by atoms with Crippen molar-refractivity contribution in [2.45, 2.75) is 0 Å². The van der Waals surface area contributed by atoms with E-state index in [2.05, 4.69) is 20.2 Å². The van der Waals surface area contributed by atoms with E-state index in [4.69, 9.17) is 0 Å². The smallest absolute Gasteiger partial charge is 0.407 e. The molecule has 5 heteroatoms. The molecule has 1 unspecified atom stereocenters. The molecule has 4 nitrogen and oxygen atoms in total. The van der Waals surface area contributed by atoms with Crippen molar-refractivity contribution in [3.63, 3.8) is 0 Å². The standard InChI is InChI=1S/C4H7O4P/c1-4-3-7-9(5,6-2)8-4/h1,3H2,2H3. The lowest BCUT2D eigenvalue weighted by molar-refractivity contribution is 0.231. The van der Waals surface area contributed by atoms with Crippen LogP contribution in [0.1, 0.15) is 0 Å². The van der Waals surface area contributed by atoms with Gasteiger partial charge in [-0.25, -0.2) is 4.57 Å². The van der Waals surface area contributed by atoms with Crippen LogP contribution in [0.3, 0.4) is 0 Å². The highest BCUT2D eigenvalue weighted by atomic mass is 31.2. The third kappa shape index (κ3) is 1.33. The number of phosphoric ester groups is 1. The molecule has 0 aromatic carbocycles. The third-order valence-corrected chi connectivity index (χ3v) is 2.22. The number of rotatable bonds is 1. The van der Waals surface area contributed by atoms with E-state index in [1.807, 2.05) is 0 Å². The summed E-state index contributed by atoms with van der Waals surface area (Å²) in [5.41, 5.74) is 0. The van der Waals surface area contributed by atoms with Crippen LogP contribution in [-0.2, 0) is 18.1 Å². The number of hydrogen-bond donors (Lipinski definition) is 0. The highest BCUT2D eigenvalue weighted by Gasteiger charge is 2.33. The summed E-state index contributed by atoms with van der Waals surface area (Å²) < 4.78 is 24.5. The highest BCUT2D eigenvalue weighted by molar-refractivity contribution is 7.48. The average Bonchev–Trinajstić information content (AvgIpc) is 2.13. The first-order valence-corrected chi connectivity index (χ1v) is 3.80. The van der Waals surface area contributed by atoms with Gasteiger partial charge >= 0.3 is 7.82 Å². The molecule has 0 bridgehead atoms. The minimum absolute atomic E-state index is 0.158. The topological polar surface area (TPSA) is 44.8 Å². The van der Waals surface area contributed by atoms with Crippen molar-refractivity contribution in [3.8, 4) is 0 Å². The fourth-order valence-electron chi connectivity index (χ4n) is 0.452. The van der Waals surface area contributed by atoms with Crippen LogP contribution in [0.2, 0.25) is 0 Å². The molecule has 0 aromatic heterocycles. The summed E-state index contributed by atoms with van der Waals surface area (Å²) in [7, 11) is -1.94. The maximum absolute atomic E-state index is 10.9. The predicted molar refractivity (Wildman–Crippen MR) is 30.8 cm³/mol. The predicted octanol–water partition coefficient (Wildman–Crippen LogP) is 1.30. The molecule has 0 aliphatic carbocycles. The molecular formula is C4H7O4P. The van der Waals surface area contributed by atoms with Gasteiger partial charge < -0.3 is 4.52 Å². The van der Waals surface area contributed by atoms with E-state index in [0.717, 1.165) is 0 Å². The SMILES string of the molecule is C=C1COP(=O)(OC)O1.